The average molecular weight is 227 g/mol. The summed E-state index contributed by atoms with van der Waals surface area (Å²) >= 11 is 0. The van der Waals surface area contributed by atoms with Crippen LogP contribution in [-0.2, 0) is 0 Å². The molecule has 1 rings (SSSR count). The van der Waals surface area contributed by atoms with Gasteiger partial charge >= 0.3 is 0 Å². The quantitative estimate of drug-likeness (QED) is 0.633. The van der Waals surface area contributed by atoms with Gasteiger partial charge in [-0.3, -0.25) is 10.1 Å². The number of hydrogen-bond donors (Lipinski definition) is 1. The minimum absolute atomic E-state index is 0.403. The number of benzene rings is 1. The molecular formula is C11H14FNO3. The van der Waals surface area contributed by atoms with Crippen molar-refractivity contribution in [3.05, 3.63) is 45.8 Å². The number of hydrogen-bond acceptors (Lipinski definition) is 3. The first kappa shape index (κ1) is 12.6. The van der Waals surface area contributed by atoms with Crippen LogP contribution in [0.5, 0.6) is 0 Å². The number of aliphatic hydroxyl groups excluding tert-OH is 1. The lowest BCUT2D eigenvalue weighted by Crippen LogP contribution is -2.26. The Kier molecular flexibility index (Phi) is 3.95. The van der Waals surface area contributed by atoms with Gasteiger partial charge in [0.25, 0.3) is 0 Å². The average Bonchev–Trinajstić information content (AvgIpc) is 2.20. The lowest BCUT2D eigenvalue weighted by Gasteiger charge is -2.19. The molecule has 0 bridgehead atoms. The van der Waals surface area contributed by atoms with E-state index in [0.717, 1.165) is 0 Å². The molecule has 1 N–H and O–H groups in total. The highest BCUT2D eigenvalue weighted by molar-refractivity contribution is 5.19. The molecule has 88 valence electrons. The first-order chi connectivity index (χ1) is 7.43. The molecule has 3 atom stereocenters. The SMILES string of the molecule is CC(O)C(C)C(c1ccc(F)cc1)[N+](=O)[O-]. The van der Waals surface area contributed by atoms with E-state index in [2.05, 4.69) is 0 Å². The van der Waals surface area contributed by atoms with Gasteiger partial charge < -0.3 is 5.11 Å². The van der Waals surface area contributed by atoms with Gasteiger partial charge in [-0.15, -0.1) is 0 Å². The number of halogens is 1. The van der Waals surface area contributed by atoms with Crippen molar-refractivity contribution in [1.82, 2.24) is 0 Å². The van der Waals surface area contributed by atoms with E-state index < -0.39 is 28.8 Å². The molecule has 16 heavy (non-hydrogen) atoms. The zero-order valence-electron chi connectivity index (χ0n) is 9.13. The van der Waals surface area contributed by atoms with Crippen LogP contribution in [0.3, 0.4) is 0 Å². The van der Waals surface area contributed by atoms with Crippen LogP contribution in [0, 0.1) is 21.8 Å². The number of nitro groups is 1. The molecule has 0 aromatic heterocycles. The van der Waals surface area contributed by atoms with E-state index in [1.54, 1.807) is 6.92 Å². The summed E-state index contributed by atoms with van der Waals surface area (Å²) in [5, 5.41) is 20.3. The van der Waals surface area contributed by atoms with Gasteiger partial charge in [-0.2, -0.15) is 0 Å². The van der Waals surface area contributed by atoms with E-state index in [1.165, 1.54) is 31.2 Å². The normalized spacial score (nSPS) is 16.5. The first-order valence-electron chi connectivity index (χ1n) is 5.00. The van der Waals surface area contributed by atoms with Gasteiger partial charge in [0.05, 0.1) is 12.0 Å². The lowest BCUT2D eigenvalue weighted by atomic mass is 9.91. The third-order valence-corrected chi connectivity index (χ3v) is 2.70. The fourth-order valence-corrected chi connectivity index (χ4v) is 1.54. The van der Waals surface area contributed by atoms with E-state index in [9.17, 15) is 19.6 Å². The van der Waals surface area contributed by atoms with E-state index in [4.69, 9.17) is 0 Å². The highest BCUT2D eigenvalue weighted by Crippen LogP contribution is 2.27. The Morgan fingerprint density at radius 2 is 1.81 bits per heavy atom. The first-order valence-corrected chi connectivity index (χ1v) is 5.00. The van der Waals surface area contributed by atoms with E-state index in [1.807, 2.05) is 0 Å². The van der Waals surface area contributed by atoms with Crippen LogP contribution >= 0.6 is 0 Å². The second-order valence-corrected chi connectivity index (χ2v) is 3.88. The van der Waals surface area contributed by atoms with Gasteiger partial charge in [0.15, 0.2) is 0 Å². The molecule has 0 saturated heterocycles. The fraction of sp³-hybridized carbons (Fsp3) is 0.455. The minimum atomic E-state index is -1.01. The molecule has 0 fully saturated rings. The van der Waals surface area contributed by atoms with Gasteiger partial charge in [-0.1, -0.05) is 6.92 Å². The molecule has 3 unspecified atom stereocenters. The molecule has 0 heterocycles. The smallest absolute Gasteiger partial charge is 0.243 e. The summed E-state index contributed by atoms with van der Waals surface area (Å²) in [4.78, 5) is 10.5. The van der Waals surface area contributed by atoms with Crippen molar-refractivity contribution in [2.24, 2.45) is 5.92 Å². The van der Waals surface area contributed by atoms with Crippen molar-refractivity contribution in [2.75, 3.05) is 0 Å². The predicted octanol–water partition coefficient (Wildman–Crippen LogP) is 2.16. The van der Waals surface area contributed by atoms with Crippen molar-refractivity contribution in [3.63, 3.8) is 0 Å². The van der Waals surface area contributed by atoms with Gasteiger partial charge in [-0.25, -0.2) is 4.39 Å². The standard InChI is InChI=1S/C11H14FNO3/c1-7(8(2)14)11(13(15)16)9-3-5-10(12)6-4-9/h3-8,11,14H,1-2H3. The van der Waals surface area contributed by atoms with E-state index in [0.29, 0.717) is 5.56 Å². The maximum Gasteiger partial charge on any atom is 0.243 e. The van der Waals surface area contributed by atoms with Gasteiger partial charge in [0.2, 0.25) is 6.04 Å². The summed E-state index contributed by atoms with van der Waals surface area (Å²) in [5.74, 6) is -0.962. The molecule has 0 aliphatic rings. The molecule has 0 amide bonds. The number of aliphatic hydroxyl groups is 1. The van der Waals surface area contributed by atoms with Crippen LogP contribution in [0.15, 0.2) is 24.3 Å². The van der Waals surface area contributed by atoms with Crippen molar-refractivity contribution in [3.8, 4) is 0 Å². The maximum absolute atomic E-state index is 12.7. The summed E-state index contributed by atoms with van der Waals surface area (Å²) < 4.78 is 12.7. The zero-order valence-corrected chi connectivity index (χ0v) is 9.13. The third-order valence-electron chi connectivity index (χ3n) is 2.70. The molecule has 0 saturated carbocycles. The fourth-order valence-electron chi connectivity index (χ4n) is 1.54. The maximum atomic E-state index is 12.7. The van der Waals surface area contributed by atoms with Crippen molar-refractivity contribution < 1.29 is 14.4 Å². The Balaban J connectivity index is 3.03. The monoisotopic (exact) mass is 227 g/mol. The van der Waals surface area contributed by atoms with Crippen molar-refractivity contribution in [2.45, 2.75) is 26.0 Å². The summed E-state index contributed by atoms with van der Waals surface area (Å²) in [7, 11) is 0. The number of rotatable bonds is 4. The van der Waals surface area contributed by atoms with Crippen molar-refractivity contribution >= 4 is 0 Å². The second-order valence-electron chi connectivity index (χ2n) is 3.88. The van der Waals surface area contributed by atoms with Crippen LogP contribution in [0.2, 0.25) is 0 Å². The van der Waals surface area contributed by atoms with Crippen LogP contribution in [0.25, 0.3) is 0 Å². The zero-order chi connectivity index (χ0) is 12.3. The van der Waals surface area contributed by atoms with Crippen LogP contribution in [-0.4, -0.2) is 16.1 Å². The molecule has 0 spiro atoms. The third kappa shape index (κ3) is 2.76. The van der Waals surface area contributed by atoms with Crippen LogP contribution in [0.1, 0.15) is 25.5 Å². The summed E-state index contributed by atoms with van der Waals surface area (Å²) in [5.41, 5.74) is 0.403. The Bertz CT molecular complexity index is 364. The molecule has 0 aliphatic heterocycles. The molecule has 4 nitrogen and oxygen atoms in total. The van der Waals surface area contributed by atoms with Crippen LogP contribution < -0.4 is 0 Å². The Hall–Kier alpha value is -1.49. The summed E-state index contributed by atoms with van der Waals surface area (Å²) in [6, 6.07) is 4.10. The van der Waals surface area contributed by atoms with Gasteiger partial charge in [-0.05, 0) is 31.2 Å². The van der Waals surface area contributed by atoms with E-state index >= 15 is 0 Å². The predicted molar refractivity (Wildman–Crippen MR) is 57.0 cm³/mol. The Morgan fingerprint density at radius 3 is 2.19 bits per heavy atom. The minimum Gasteiger partial charge on any atom is -0.393 e. The van der Waals surface area contributed by atoms with Crippen LogP contribution in [0.4, 0.5) is 4.39 Å². The Morgan fingerprint density at radius 1 is 1.31 bits per heavy atom. The summed E-state index contributed by atoms with van der Waals surface area (Å²) in [6.45, 7) is 3.10. The van der Waals surface area contributed by atoms with Gasteiger partial charge in [0, 0.05) is 10.5 Å². The molecular weight excluding hydrogens is 213 g/mol. The topological polar surface area (TPSA) is 63.4 Å². The molecule has 0 radical (unpaired) electrons. The van der Waals surface area contributed by atoms with Gasteiger partial charge in [0.1, 0.15) is 5.82 Å². The summed E-state index contributed by atoms with van der Waals surface area (Å²) in [6.07, 6.45) is -0.791. The highest BCUT2D eigenvalue weighted by Gasteiger charge is 2.32. The molecule has 1 aromatic rings. The number of nitrogens with zero attached hydrogens (tertiary/aromatic N) is 1. The molecule has 5 heteroatoms. The lowest BCUT2D eigenvalue weighted by molar-refractivity contribution is -0.540. The largest absolute Gasteiger partial charge is 0.393 e. The second kappa shape index (κ2) is 5.03. The molecule has 0 aliphatic carbocycles. The highest BCUT2D eigenvalue weighted by atomic mass is 19.1. The molecule has 1 aromatic carbocycles. The van der Waals surface area contributed by atoms with Crippen molar-refractivity contribution in [1.29, 1.82) is 0 Å². The Labute approximate surface area is 92.9 Å². The van der Waals surface area contributed by atoms with E-state index in [-0.39, 0.29) is 0 Å².